The van der Waals surface area contributed by atoms with Gasteiger partial charge in [-0.1, -0.05) is 53.8 Å². The van der Waals surface area contributed by atoms with Crippen molar-refractivity contribution in [2.45, 2.75) is 19.9 Å². The normalized spacial score (nSPS) is 15.7. The van der Waals surface area contributed by atoms with Crippen molar-refractivity contribution in [1.29, 1.82) is 0 Å². The van der Waals surface area contributed by atoms with Crippen molar-refractivity contribution < 1.29 is 19.6 Å². The number of nitrogens with zero attached hydrogens (tertiary/aromatic N) is 3. The molecule has 1 aromatic heterocycles. The molecule has 1 N–H and O–H groups in total. The van der Waals surface area contributed by atoms with Crippen molar-refractivity contribution in [3.63, 3.8) is 0 Å². The topological polar surface area (TPSA) is 124 Å². The van der Waals surface area contributed by atoms with Gasteiger partial charge in [-0.3, -0.25) is 19.5 Å². The smallest absolute Gasteiger partial charge is 0.338 e. The van der Waals surface area contributed by atoms with E-state index >= 15 is 0 Å². The van der Waals surface area contributed by atoms with Gasteiger partial charge in [-0.05, 0) is 25.5 Å². The van der Waals surface area contributed by atoms with E-state index in [4.69, 9.17) is 4.74 Å². The number of nitro groups is 1. The Labute approximate surface area is 191 Å². The number of hydrogen-bond acceptors (Lipinski definition) is 8. The van der Waals surface area contributed by atoms with E-state index in [2.05, 4.69) is 4.99 Å². The minimum atomic E-state index is -0.748. The number of nitro benzene ring substituents is 1. The third-order valence-electron chi connectivity index (χ3n) is 5.16. The Morgan fingerprint density at radius 3 is 2.67 bits per heavy atom. The Bertz CT molecular complexity index is 1470. The van der Waals surface area contributed by atoms with E-state index in [0.717, 1.165) is 11.3 Å². The summed E-state index contributed by atoms with van der Waals surface area (Å²) in [4.78, 5) is 41.5. The molecule has 0 amide bonds. The second-order valence-corrected chi connectivity index (χ2v) is 8.19. The molecule has 1 aliphatic heterocycles. The molecule has 0 radical (unpaired) electrons. The highest BCUT2D eigenvalue weighted by Crippen LogP contribution is 2.31. The number of phenolic OH excluding ortho intramolecular Hbond substituents is 1. The second kappa shape index (κ2) is 8.83. The molecule has 4 rings (SSSR count). The summed E-state index contributed by atoms with van der Waals surface area (Å²) >= 11 is 1.07. The van der Waals surface area contributed by atoms with Crippen LogP contribution in [0.15, 0.2) is 69.6 Å². The molecule has 9 nitrogen and oxygen atoms in total. The number of carbonyl (C=O) groups excluding carboxylic acids is 1. The Hall–Kier alpha value is -4.05. The van der Waals surface area contributed by atoms with Crippen molar-refractivity contribution in [1.82, 2.24) is 4.57 Å². The van der Waals surface area contributed by atoms with Gasteiger partial charge < -0.3 is 9.84 Å². The van der Waals surface area contributed by atoms with Crippen LogP contribution in [0.2, 0.25) is 0 Å². The number of carbonyl (C=O) groups is 1. The number of hydrogen-bond donors (Lipinski definition) is 1. The molecule has 0 aliphatic carbocycles. The van der Waals surface area contributed by atoms with Gasteiger partial charge in [0.15, 0.2) is 4.80 Å². The van der Waals surface area contributed by atoms with Gasteiger partial charge in [0.2, 0.25) is 5.75 Å². The van der Waals surface area contributed by atoms with Gasteiger partial charge in [0.25, 0.3) is 5.56 Å². The monoisotopic (exact) mass is 465 g/mol. The standard InChI is InChI=1S/C23H19N3O6S/c1-3-32-22(29)18-13(2)24-23-25(19(18)14-8-5-4-6-9-14)21(28)17(33-23)12-15-10-7-11-16(20(15)27)26(30)31/h4-12,19,27H,3H2,1-2H3/b17-12-/t19-/m1/s1. The van der Waals surface area contributed by atoms with Crippen LogP contribution in [0.4, 0.5) is 5.69 Å². The average molecular weight is 465 g/mol. The summed E-state index contributed by atoms with van der Waals surface area (Å²) in [7, 11) is 0. The lowest BCUT2D eigenvalue weighted by atomic mass is 9.96. The zero-order valence-corrected chi connectivity index (χ0v) is 18.5. The van der Waals surface area contributed by atoms with Gasteiger partial charge in [0, 0.05) is 11.6 Å². The fraction of sp³-hybridized carbons (Fsp3) is 0.174. The predicted octanol–water partition coefficient (Wildman–Crippen LogP) is 2.41. The zero-order valence-electron chi connectivity index (χ0n) is 17.7. The lowest BCUT2D eigenvalue weighted by Crippen LogP contribution is -2.39. The number of aromatic hydroxyl groups is 1. The van der Waals surface area contributed by atoms with Crippen LogP contribution >= 0.6 is 11.3 Å². The lowest BCUT2D eigenvalue weighted by Gasteiger charge is -2.24. The summed E-state index contributed by atoms with van der Waals surface area (Å²) in [6.07, 6.45) is 1.39. The van der Waals surface area contributed by atoms with Crippen molar-refractivity contribution in [3.8, 4) is 5.75 Å². The lowest BCUT2D eigenvalue weighted by molar-refractivity contribution is -0.385. The van der Waals surface area contributed by atoms with Crippen molar-refractivity contribution >= 4 is 29.1 Å². The number of para-hydroxylation sites is 1. The summed E-state index contributed by atoms with van der Waals surface area (Å²) in [6, 6.07) is 12.4. The minimum absolute atomic E-state index is 0.132. The van der Waals surface area contributed by atoms with Gasteiger partial charge in [-0.15, -0.1) is 0 Å². The van der Waals surface area contributed by atoms with Crippen LogP contribution in [0, 0.1) is 10.1 Å². The van der Waals surface area contributed by atoms with Gasteiger partial charge in [0.05, 0.1) is 33.4 Å². The van der Waals surface area contributed by atoms with Gasteiger partial charge >= 0.3 is 11.7 Å². The number of rotatable bonds is 5. The van der Waals surface area contributed by atoms with Crippen LogP contribution in [0.25, 0.3) is 6.08 Å². The molecular formula is C23H19N3O6S. The van der Waals surface area contributed by atoms with Crippen molar-refractivity contribution in [3.05, 3.63) is 101 Å². The van der Waals surface area contributed by atoms with E-state index in [1.807, 2.05) is 30.3 Å². The van der Waals surface area contributed by atoms with Crippen LogP contribution in [-0.2, 0) is 9.53 Å². The van der Waals surface area contributed by atoms with Crippen LogP contribution in [-0.4, -0.2) is 27.2 Å². The molecule has 2 aromatic carbocycles. The first-order chi connectivity index (χ1) is 15.8. The number of allylic oxidation sites excluding steroid dienone is 1. The van der Waals surface area contributed by atoms with Crippen molar-refractivity contribution in [2.24, 2.45) is 4.99 Å². The largest absolute Gasteiger partial charge is 0.502 e. The fourth-order valence-electron chi connectivity index (χ4n) is 3.70. The SMILES string of the molecule is CCOC(=O)C1=C(C)N=c2s/c(=C\c3cccc([N+](=O)[O-])c3O)c(=O)n2[C@@H]1c1ccccc1. The number of esters is 1. The Morgan fingerprint density at radius 1 is 1.27 bits per heavy atom. The molecule has 1 aliphatic rings. The molecule has 3 aromatic rings. The van der Waals surface area contributed by atoms with Gasteiger partial charge in [-0.2, -0.15) is 0 Å². The molecule has 168 valence electrons. The number of fused-ring (bicyclic) bond motifs is 1. The molecule has 33 heavy (non-hydrogen) atoms. The third-order valence-corrected chi connectivity index (χ3v) is 6.14. The van der Waals surface area contributed by atoms with E-state index < -0.39 is 33.9 Å². The first-order valence-electron chi connectivity index (χ1n) is 10.0. The van der Waals surface area contributed by atoms with Crippen LogP contribution < -0.4 is 14.9 Å². The molecule has 0 bridgehead atoms. The average Bonchev–Trinajstić information content (AvgIpc) is 3.09. The molecule has 0 unspecified atom stereocenters. The molecular weight excluding hydrogens is 446 g/mol. The van der Waals surface area contributed by atoms with E-state index in [0.29, 0.717) is 16.1 Å². The predicted molar refractivity (Wildman–Crippen MR) is 122 cm³/mol. The van der Waals surface area contributed by atoms with E-state index in [1.165, 1.54) is 28.8 Å². The summed E-state index contributed by atoms with van der Waals surface area (Å²) in [6.45, 7) is 3.56. The Balaban J connectivity index is 1.96. The summed E-state index contributed by atoms with van der Waals surface area (Å²) < 4.78 is 6.87. The summed E-state index contributed by atoms with van der Waals surface area (Å²) in [5.74, 6) is -1.09. The third kappa shape index (κ3) is 3.96. The second-order valence-electron chi connectivity index (χ2n) is 7.19. The zero-order chi connectivity index (χ0) is 23.7. The molecule has 1 atom stereocenters. The highest BCUT2D eigenvalue weighted by molar-refractivity contribution is 7.07. The minimum Gasteiger partial charge on any atom is -0.502 e. The highest BCUT2D eigenvalue weighted by Gasteiger charge is 2.33. The van der Waals surface area contributed by atoms with Gasteiger partial charge in [-0.25, -0.2) is 9.79 Å². The van der Waals surface area contributed by atoms with Crippen LogP contribution in [0.3, 0.4) is 0 Å². The number of phenols is 1. The molecule has 2 heterocycles. The maximum atomic E-state index is 13.5. The number of aromatic nitrogens is 1. The number of ether oxygens (including phenoxy) is 1. The quantitative estimate of drug-likeness (QED) is 0.351. The van der Waals surface area contributed by atoms with Crippen molar-refractivity contribution in [2.75, 3.05) is 6.61 Å². The first kappa shape index (κ1) is 22.2. The maximum Gasteiger partial charge on any atom is 0.338 e. The molecule has 0 saturated carbocycles. The first-order valence-corrected chi connectivity index (χ1v) is 10.9. The molecule has 0 fully saturated rings. The summed E-state index contributed by atoms with van der Waals surface area (Å²) in [5, 5.41) is 21.4. The van der Waals surface area contributed by atoms with Crippen LogP contribution in [0.1, 0.15) is 31.0 Å². The fourth-order valence-corrected chi connectivity index (χ4v) is 4.73. The summed E-state index contributed by atoms with van der Waals surface area (Å²) in [5.41, 5.74) is 0.646. The Morgan fingerprint density at radius 2 is 2.00 bits per heavy atom. The maximum absolute atomic E-state index is 13.5. The Kier molecular flexibility index (Phi) is 5.93. The van der Waals surface area contributed by atoms with Crippen LogP contribution in [0.5, 0.6) is 5.75 Å². The molecule has 0 spiro atoms. The number of thiazole rings is 1. The molecule has 10 heteroatoms. The molecule has 0 saturated heterocycles. The highest BCUT2D eigenvalue weighted by atomic mass is 32.1. The van der Waals surface area contributed by atoms with E-state index in [9.17, 15) is 24.8 Å². The van der Waals surface area contributed by atoms with Gasteiger partial charge in [0.1, 0.15) is 0 Å². The van der Waals surface area contributed by atoms with E-state index in [-0.39, 0.29) is 22.3 Å². The van der Waals surface area contributed by atoms with E-state index in [1.54, 1.807) is 13.8 Å². The number of benzene rings is 2.